The fourth-order valence-electron chi connectivity index (χ4n) is 1.87. The van der Waals surface area contributed by atoms with Crippen LogP contribution < -0.4 is 5.32 Å². The first-order chi connectivity index (χ1) is 8.99. The fourth-order valence-corrected chi connectivity index (χ4v) is 2.03. The fraction of sp³-hybridized carbons (Fsp3) is 0.308. The van der Waals surface area contributed by atoms with Crippen LogP contribution in [-0.2, 0) is 13.6 Å². The summed E-state index contributed by atoms with van der Waals surface area (Å²) in [6, 6.07) is 4.96. The van der Waals surface area contributed by atoms with Gasteiger partial charge < -0.3 is 5.32 Å². The molecule has 0 bridgehead atoms. The van der Waals surface area contributed by atoms with Crippen LogP contribution in [0.25, 0.3) is 0 Å². The molecule has 0 saturated heterocycles. The van der Waals surface area contributed by atoms with Crippen LogP contribution in [0.2, 0.25) is 5.15 Å². The van der Waals surface area contributed by atoms with Gasteiger partial charge in [0, 0.05) is 24.8 Å². The molecule has 1 N–H and O–H groups in total. The van der Waals surface area contributed by atoms with E-state index in [9.17, 15) is 4.79 Å². The monoisotopic (exact) mass is 278 g/mol. The lowest BCUT2D eigenvalue weighted by Crippen LogP contribution is -2.24. The van der Waals surface area contributed by atoms with Crippen molar-refractivity contribution in [2.45, 2.75) is 20.4 Å². The molecule has 2 aromatic rings. The van der Waals surface area contributed by atoms with Crippen LogP contribution in [0.1, 0.15) is 27.4 Å². The molecule has 6 heteroatoms. The van der Waals surface area contributed by atoms with E-state index in [4.69, 9.17) is 11.6 Å². The van der Waals surface area contributed by atoms with E-state index in [0.717, 1.165) is 17.0 Å². The first kappa shape index (κ1) is 13.5. The Bertz CT molecular complexity index is 621. The lowest BCUT2D eigenvalue weighted by Gasteiger charge is -2.05. The maximum Gasteiger partial charge on any atom is 0.270 e. The second-order valence-electron chi connectivity index (χ2n) is 4.30. The molecule has 0 spiro atoms. The number of nitrogens with one attached hydrogen (secondary N) is 1. The summed E-state index contributed by atoms with van der Waals surface area (Å²) >= 11 is 5.76. The average molecular weight is 279 g/mol. The molecule has 1 amide bonds. The highest BCUT2D eigenvalue weighted by molar-refractivity contribution is 6.29. The van der Waals surface area contributed by atoms with E-state index in [1.807, 2.05) is 20.9 Å². The molecule has 0 aliphatic carbocycles. The van der Waals surface area contributed by atoms with Crippen molar-refractivity contribution in [3.05, 3.63) is 46.0 Å². The van der Waals surface area contributed by atoms with Crippen LogP contribution in [0.3, 0.4) is 0 Å². The molecule has 2 aromatic heterocycles. The van der Waals surface area contributed by atoms with Crippen molar-refractivity contribution < 1.29 is 4.79 Å². The van der Waals surface area contributed by atoms with Gasteiger partial charge in [0.2, 0.25) is 0 Å². The number of hydrogen-bond acceptors (Lipinski definition) is 3. The second-order valence-corrected chi connectivity index (χ2v) is 4.69. The molecule has 19 heavy (non-hydrogen) atoms. The highest BCUT2D eigenvalue weighted by Crippen LogP contribution is 2.11. The number of carbonyl (C=O) groups is 1. The quantitative estimate of drug-likeness (QED) is 0.874. The molecule has 5 nitrogen and oxygen atoms in total. The Kier molecular flexibility index (Phi) is 3.85. The number of carbonyl (C=O) groups excluding carboxylic acids is 1. The summed E-state index contributed by atoms with van der Waals surface area (Å²) in [7, 11) is 1.88. The first-order valence-electron chi connectivity index (χ1n) is 5.89. The number of rotatable bonds is 3. The predicted molar refractivity (Wildman–Crippen MR) is 73.1 cm³/mol. The summed E-state index contributed by atoms with van der Waals surface area (Å²) in [5.74, 6) is -0.245. The molecular formula is C13H15ClN4O. The predicted octanol–water partition coefficient (Wildman–Crippen LogP) is 2.02. The van der Waals surface area contributed by atoms with Crippen LogP contribution in [0, 0.1) is 13.8 Å². The Morgan fingerprint density at radius 3 is 2.74 bits per heavy atom. The van der Waals surface area contributed by atoms with Crippen molar-refractivity contribution >= 4 is 17.5 Å². The van der Waals surface area contributed by atoms with Crippen LogP contribution in [-0.4, -0.2) is 20.7 Å². The van der Waals surface area contributed by atoms with Gasteiger partial charge in [0.1, 0.15) is 10.8 Å². The summed E-state index contributed by atoms with van der Waals surface area (Å²) in [5.41, 5.74) is 3.29. The molecule has 0 aliphatic rings. The smallest absolute Gasteiger partial charge is 0.270 e. The van der Waals surface area contributed by atoms with Gasteiger partial charge in [0.15, 0.2) is 0 Å². The van der Waals surface area contributed by atoms with E-state index < -0.39 is 0 Å². The Morgan fingerprint density at radius 2 is 2.16 bits per heavy atom. The Morgan fingerprint density at radius 1 is 1.42 bits per heavy atom. The van der Waals surface area contributed by atoms with Crippen molar-refractivity contribution in [2.24, 2.45) is 7.05 Å². The van der Waals surface area contributed by atoms with Gasteiger partial charge in [-0.2, -0.15) is 5.10 Å². The molecule has 0 unspecified atom stereocenters. The molecule has 2 rings (SSSR count). The van der Waals surface area contributed by atoms with Gasteiger partial charge in [-0.05, 0) is 26.0 Å². The molecular weight excluding hydrogens is 264 g/mol. The lowest BCUT2D eigenvalue weighted by atomic mass is 10.2. The Labute approximate surface area is 116 Å². The van der Waals surface area contributed by atoms with Crippen LogP contribution in [0.5, 0.6) is 0 Å². The average Bonchev–Trinajstić information content (AvgIpc) is 2.61. The van der Waals surface area contributed by atoms with E-state index in [-0.39, 0.29) is 5.91 Å². The Hall–Kier alpha value is -1.88. The summed E-state index contributed by atoms with van der Waals surface area (Å²) in [5, 5.41) is 7.43. The van der Waals surface area contributed by atoms with Crippen molar-refractivity contribution in [1.82, 2.24) is 20.1 Å². The minimum atomic E-state index is -0.245. The summed E-state index contributed by atoms with van der Waals surface area (Å²) in [4.78, 5) is 15.9. The van der Waals surface area contributed by atoms with Crippen LogP contribution in [0.4, 0.5) is 0 Å². The number of aryl methyl sites for hydroxylation is 2. The van der Waals surface area contributed by atoms with E-state index in [1.54, 1.807) is 22.9 Å². The van der Waals surface area contributed by atoms with E-state index in [2.05, 4.69) is 15.4 Å². The number of halogens is 1. The minimum absolute atomic E-state index is 0.245. The minimum Gasteiger partial charge on any atom is -0.346 e. The third-order valence-electron chi connectivity index (χ3n) is 3.03. The third-order valence-corrected chi connectivity index (χ3v) is 3.24. The van der Waals surface area contributed by atoms with E-state index in [1.165, 1.54) is 0 Å². The zero-order valence-corrected chi connectivity index (χ0v) is 11.8. The lowest BCUT2D eigenvalue weighted by molar-refractivity contribution is 0.0946. The maximum absolute atomic E-state index is 11.9. The topological polar surface area (TPSA) is 59.8 Å². The summed E-state index contributed by atoms with van der Waals surface area (Å²) < 4.78 is 1.80. The van der Waals surface area contributed by atoms with Crippen LogP contribution >= 0.6 is 11.6 Å². The van der Waals surface area contributed by atoms with Gasteiger partial charge in [-0.3, -0.25) is 9.48 Å². The molecule has 0 atom stereocenters. The summed E-state index contributed by atoms with van der Waals surface area (Å²) in [6.45, 7) is 4.32. The van der Waals surface area contributed by atoms with Crippen LogP contribution in [0.15, 0.2) is 18.2 Å². The molecule has 0 aliphatic heterocycles. The van der Waals surface area contributed by atoms with Gasteiger partial charge in [-0.25, -0.2) is 4.98 Å². The number of aromatic nitrogens is 3. The standard InChI is InChI=1S/C13H15ClN4O/c1-8-10(9(2)18(3)17-8)7-15-13(19)11-5-4-6-12(14)16-11/h4-6H,7H2,1-3H3,(H,15,19). The molecule has 0 fully saturated rings. The van der Waals surface area contributed by atoms with Gasteiger partial charge in [0.05, 0.1) is 5.69 Å². The highest BCUT2D eigenvalue weighted by atomic mass is 35.5. The SMILES string of the molecule is Cc1nn(C)c(C)c1CNC(=O)c1cccc(Cl)n1. The molecule has 0 aromatic carbocycles. The first-order valence-corrected chi connectivity index (χ1v) is 6.26. The summed E-state index contributed by atoms with van der Waals surface area (Å²) in [6.07, 6.45) is 0. The van der Waals surface area contributed by atoms with E-state index >= 15 is 0 Å². The van der Waals surface area contributed by atoms with E-state index in [0.29, 0.717) is 17.4 Å². The maximum atomic E-state index is 11.9. The van der Waals surface area contributed by atoms with Crippen molar-refractivity contribution in [1.29, 1.82) is 0 Å². The highest BCUT2D eigenvalue weighted by Gasteiger charge is 2.12. The molecule has 0 saturated carbocycles. The number of amides is 1. The third kappa shape index (κ3) is 2.93. The zero-order chi connectivity index (χ0) is 14.0. The number of pyridine rings is 1. The van der Waals surface area contributed by atoms with Gasteiger partial charge in [0.25, 0.3) is 5.91 Å². The normalized spacial score (nSPS) is 10.5. The van der Waals surface area contributed by atoms with Gasteiger partial charge in [-0.1, -0.05) is 17.7 Å². The molecule has 0 radical (unpaired) electrons. The van der Waals surface area contributed by atoms with Crippen molar-refractivity contribution in [3.8, 4) is 0 Å². The number of nitrogens with zero attached hydrogens (tertiary/aromatic N) is 3. The van der Waals surface area contributed by atoms with Gasteiger partial charge in [-0.15, -0.1) is 0 Å². The van der Waals surface area contributed by atoms with Gasteiger partial charge >= 0.3 is 0 Å². The van der Waals surface area contributed by atoms with Crippen molar-refractivity contribution in [3.63, 3.8) is 0 Å². The second kappa shape index (κ2) is 5.40. The van der Waals surface area contributed by atoms with Crippen molar-refractivity contribution in [2.75, 3.05) is 0 Å². The largest absolute Gasteiger partial charge is 0.346 e. The zero-order valence-electron chi connectivity index (χ0n) is 11.1. The number of hydrogen-bond donors (Lipinski definition) is 1. The molecule has 100 valence electrons. The Balaban J connectivity index is 2.09. The molecule has 2 heterocycles.